The first-order valence-corrected chi connectivity index (χ1v) is 6.19. The predicted molar refractivity (Wildman–Crippen MR) is 73.1 cm³/mol. The predicted octanol–water partition coefficient (Wildman–Crippen LogP) is 1.83. The highest BCUT2D eigenvalue weighted by Crippen LogP contribution is 2.36. The molecule has 0 saturated carbocycles. The highest BCUT2D eigenvalue weighted by atomic mass is 16.3. The van der Waals surface area contributed by atoms with Crippen LogP contribution in [-0.4, -0.2) is 29.7 Å². The first-order chi connectivity index (χ1) is 8.36. The lowest BCUT2D eigenvalue weighted by Gasteiger charge is -2.40. The molecule has 1 amide bonds. The third-order valence-electron chi connectivity index (χ3n) is 3.45. The molecule has 0 saturated heterocycles. The largest absolute Gasteiger partial charge is 0.395 e. The molecule has 1 aliphatic heterocycles. The average molecular weight is 248 g/mol. The van der Waals surface area contributed by atoms with Crippen molar-refractivity contribution < 1.29 is 9.90 Å². The zero-order chi connectivity index (χ0) is 13.5. The molecule has 0 bridgehead atoms. The minimum absolute atomic E-state index is 0.00713. The number of anilines is 2. The van der Waals surface area contributed by atoms with Crippen molar-refractivity contribution in [3.63, 3.8) is 0 Å². The summed E-state index contributed by atoms with van der Waals surface area (Å²) in [6.07, 6.45) is 0. The standard InChI is InChI=1S/C14H20N2O2/c1-9-7-11-12(8-10(9)2)16(5-6-17)13(18)14(3,4)15-11/h7-8,15,17H,5-6H2,1-4H3. The van der Waals surface area contributed by atoms with Crippen LogP contribution in [0, 0.1) is 13.8 Å². The fourth-order valence-corrected chi connectivity index (χ4v) is 2.28. The Morgan fingerprint density at radius 2 is 1.89 bits per heavy atom. The Labute approximate surface area is 108 Å². The molecule has 4 nitrogen and oxygen atoms in total. The van der Waals surface area contributed by atoms with Gasteiger partial charge >= 0.3 is 0 Å². The van der Waals surface area contributed by atoms with E-state index in [0.717, 1.165) is 16.9 Å². The van der Waals surface area contributed by atoms with Crippen molar-refractivity contribution in [2.45, 2.75) is 33.2 Å². The quantitative estimate of drug-likeness (QED) is 0.839. The summed E-state index contributed by atoms with van der Waals surface area (Å²) in [5.41, 5.74) is 3.51. The highest BCUT2D eigenvalue weighted by molar-refractivity contribution is 6.07. The molecule has 0 aromatic heterocycles. The molecular weight excluding hydrogens is 228 g/mol. The average Bonchev–Trinajstić information content (AvgIpc) is 2.28. The summed E-state index contributed by atoms with van der Waals surface area (Å²) in [5, 5.41) is 12.4. The molecule has 0 radical (unpaired) electrons. The van der Waals surface area contributed by atoms with Crippen molar-refractivity contribution in [3.05, 3.63) is 23.3 Å². The van der Waals surface area contributed by atoms with Gasteiger partial charge in [-0.25, -0.2) is 0 Å². The number of hydrogen-bond donors (Lipinski definition) is 2. The van der Waals surface area contributed by atoms with Crippen LogP contribution in [0.1, 0.15) is 25.0 Å². The van der Waals surface area contributed by atoms with Crippen LogP contribution in [0.2, 0.25) is 0 Å². The second-order valence-corrected chi connectivity index (χ2v) is 5.38. The Bertz CT molecular complexity index is 495. The lowest BCUT2D eigenvalue weighted by molar-refractivity contribution is -0.122. The van der Waals surface area contributed by atoms with E-state index in [1.165, 1.54) is 5.56 Å². The van der Waals surface area contributed by atoms with Gasteiger partial charge in [0.15, 0.2) is 0 Å². The first-order valence-electron chi connectivity index (χ1n) is 6.19. The van der Waals surface area contributed by atoms with E-state index in [1.807, 2.05) is 26.8 Å². The topological polar surface area (TPSA) is 52.6 Å². The SMILES string of the molecule is Cc1cc2c(cc1C)N(CCO)C(=O)C(C)(C)N2. The maximum Gasteiger partial charge on any atom is 0.252 e. The summed E-state index contributed by atoms with van der Waals surface area (Å²) >= 11 is 0. The van der Waals surface area contributed by atoms with Gasteiger partial charge in [0.1, 0.15) is 5.54 Å². The third kappa shape index (κ3) is 1.97. The molecule has 1 aliphatic rings. The number of β-amino-alcohol motifs (C(OH)–C–C–N with tert-alkyl or cyclic N) is 1. The monoisotopic (exact) mass is 248 g/mol. The van der Waals surface area contributed by atoms with Gasteiger partial charge in [-0.1, -0.05) is 0 Å². The number of benzene rings is 1. The van der Waals surface area contributed by atoms with Crippen molar-refractivity contribution in [3.8, 4) is 0 Å². The summed E-state index contributed by atoms with van der Waals surface area (Å²) in [6, 6.07) is 4.06. The van der Waals surface area contributed by atoms with Crippen LogP contribution in [0.15, 0.2) is 12.1 Å². The van der Waals surface area contributed by atoms with Gasteiger partial charge in [-0.2, -0.15) is 0 Å². The third-order valence-corrected chi connectivity index (χ3v) is 3.45. The molecule has 4 heteroatoms. The van der Waals surface area contributed by atoms with Gasteiger partial charge in [-0.15, -0.1) is 0 Å². The first kappa shape index (κ1) is 12.9. The van der Waals surface area contributed by atoms with Crippen molar-refractivity contribution in [1.82, 2.24) is 0 Å². The lowest BCUT2D eigenvalue weighted by atomic mass is 9.96. The Hall–Kier alpha value is -1.55. The van der Waals surface area contributed by atoms with E-state index in [0.29, 0.717) is 6.54 Å². The molecule has 18 heavy (non-hydrogen) atoms. The highest BCUT2D eigenvalue weighted by Gasteiger charge is 2.38. The number of carbonyl (C=O) groups excluding carboxylic acids is 1. The number of hydrogen-bond acceptors (Lipinski definition) is 3. The number of amides is 1. The number of rotatable bonds is 2. The number of aliphatic hydroxyl groups excluding tert-OH is 1. The molecule has 1 aromatic carbocycles. The van der Waals surface area contributed by atoms with Crippen LogP contribution in [0.3, 0.4) is 0 Å². The molecule has 0 fully saturated rings. The summed E-state index contributed by atoms with van der Waals surface area (Å²) < 4.78 is 0. The fraction of sp³-hybridized carbons (Fsp3) is 0.500. The Balaban J connectivity index is 2.56. The van der Waals surface area contributed by atoms with Crippen LogP contribution in [0.25, 0.3) is 0 Å². The zero-order valence-electron chi connectivity index (χ0n) is 11.4. The number of fused-ring (bicyclic) bond motifs is 1. The number of nitrogens with one attached hydrogen (secondary N) is 1. The Morgan fingerprint density at radius 1 is 1.28 bits per heavy atom. The summed E-state index contributed by atoms with van der Waals surface area (Å²) in [6.45, 7) is 8.09. The molecule has 2 rings (SSSR count). The molecule has 0 atom stereocenters. The molecule has 1 aromatic rings. The minimum atomic E-state index is -0.635. The normalized spacial score (nSPS) is 17.4. The van der Waals surface area contributed by atoms with E-state index in [9.17, 15) is 4.79 Å². The summed E-state index contributed by atoms with van der Waals surface area (Å²) in [5.74, 6) is -0.00713. The molecule has 0 spiro atoms. The summed E-state index contributed by atoms with van der Waals surface area (Å²) in [4.78, 5) is 14.0. The second-order valence-electron chi connectivity index (χ2n) is 5.38. The molecule has 0 unspecified atom stereocenters. The van der Waals surface area contributed by atoms with Gasteiger partial charge < -0.3 is 15.3 Å². The summed E-state index contributed by atoms with van der Waals surface area (Å²) in [7, 11) is 0. The van der Waals surface area contributed by atoms with Crippen molar-refractivity contribution >= 4 is 17.3 Å². The van der Waals surface area contributed by atoms with E-state index in [1.54, 1.807) is 4.90 Å². The van der Waals surface area contributed by atoms with Gasteiger partial charge in [0.2, 0.25) is 0 Å². The fourth-order valence-electron chi connectivity index (χ4n) is 2.28. The van der Waals surface area contributed by atoms with Gasteiger partial charge in [0, 0.05) is 6.54 Å². The molecule has 98 valence electrons. The number of nitrogens with zero attached hydrogens (tertiary/aromatic N) is 1. The Kier molecular flexibility index (Phi) is 3.07. The van der Waals surface area contributed by atoms with Crippen LogP contribution in [0.5, 0.6) is 0 Å². The van der Waals surface area contributed by atoms with Gasteiger partial charge in [0.25, 0.3) is 5.91 Å². The molecular formula is C14H20N2O2. The van der Waals surface area contributed by atoms with Crippen LogP contribution < -0.4 is 10.2 Å². The van der Waals surface area contributed by atoms with E-state index >= 15 is 0 Å². The van der Waals surface area contributed by atoms with E-state index in [4.69, 9.17) is 5.11 Å². The molecule has 2 N–H and O–H groups in total. The van der Waals surface area contributed by atoms with Crippen molar-refractivity contribution in [2.24, 2.45) is 0 Å². The van der Waals surface area contributed by atoms with Gasteiger partial charge in [0.05, 0.1) is 18.0 Å². The van der Waals surface area contributed by atoms with Crippen LogP contribution in [0.4, 0.5) is 11.4 Å². The van der Waals surface area contributed by atoms with Gasteiger partial charge in [-0.3, -0.25) is 4.79 Å². The number of carbonyl (C=O) groups is 1. The molecule has 0 aliphatic carbocycles. The Morgan fingerprint density at radius 3 is 2.50 bits per heavy atom. The minimum Gasteiger partial charge on any atom is -0.395 e. The van der Waals surface area contributed by atoms with E-state index in [-0.39, 0.29) is 12.5 Å². The lowest BCUT2D eigenvalue weighted by Crippen LogP contribution is -2.54. The zero-order valence-corrected chi connectivity index (χ0v) is 11.4. The molecule has 1 heterocycles. The van der Waals surface area contributed by atoms with Crippen molar-refractivity contribution in [1.29, 1.82) is 0 Å². The van der Waals surface area contributed by atoms with Gasteiger partial charge in [-0.05, 0) is 51.0 Å². The van der Waals surface area contributed by atoms with E-state index < -0.39 is 5.54 Å². The second kappa shape index (κ2) is 4.28. The van der Waals surface area contributed by atoms with Crippen LogP contribution in [-0.2, 0) is 4.79 Å². The van der Waals surface area contributed by atoms with Crippen molar-refractivity contribution in [2.75, 3.05) is 23.4 Å². The smallest absolute Gasteiger partial charge is 0.252 e. The number of aliphatic hydroxyl groups is 1. The van der Waals surface area contributed by atoms with Crippen LogP contribution >= 0.6 is 0 Å². The maximum absolute atomic E-state index is 12.3. The maximum atomic E-state index is 12.3. The number of aryl methyl sites for hydroxylation is 2. The van der Waals surface area contributed by atoms with E-state index in [2.05, 4.69) is 18.3 Å².